The molecule has 0 bridgehead atoms. The van der Waals surface area contributed by atoms with E-state index < -0.39 is 0 Å². The molecule has 2 saturated carbocycles. The first kappa shape index (κ1) is 11.7. The van der Waals surface area contributed by atoms with Gasteiger partial charge in [0, 0.05) is 12.6 Å². The molecular weight excluding hydrogens is 204 g/mol. The van der Waals surface area contributed by atoms with Crippen LogP contribution in [-0.4, -0.2) is 29.8 Å². The minimum Gasteiger partial charge on any atom is -0.393 e. The predicted octanol–water partition coefficient (Wildman–Crippen LogP) is 1.39. The first-order chi connectivity index (χ1) is 7.74. The molecule has 0 radical (unpaired) electrons. The van der Waals surface area contributed by atoms with Crippen LogP contribution in [0.5, 0.6) is 0 Å². The summed E-state index contributed by atoms with van der Waals surface area (Å²) in [6, 6.07) is 0.220. The summed E-state index contributed by atoms with van der Waals surface area (Å²) in [6.45, 7) is 0.821. The third-order valence-electron chi connectivity index (χ3n) is 3.81. The molecule has 92 valence electrons. The molecular formula is C12H22N2O2. The van der Waals surface area contributed by atoms with Gasteiger partial charge in [0.2, 0.25) is 0 Å². The van der Waals surface area contributed by atoms with Crippen LogP contribution >= 0.6 is 0 Å². The van der Waals surface area contributed by atoms with Gasteiger partial charge in [-0.15, -0.1) is 0 Å². The summed E-state index contributed by atoms with van der Waals surface area (Å²) in [6.07, 6.45) is 7.10. The molecule has 0 spiro atoms. The van der Waals surface area contributed by atoms with E-state index in [2.05, 4.69) is 10.6 Å². The van der Waals surface area contributed by atoms with Crippen LogP contribution in [0, 0.1) is 5.92 Å². The first-order valence-electron chi connectivity index (χ1n) is 6.46. The normalized spacial score (nSPS) is 30.6. The first-order valence-corrected chi connectivity index (χ1v) is 6.46. The lowest BCUT2D eigenvalue weighted by Crippen LogP contribution is -2.45. The number of rotatable bonds is 3. The van der Waals surface area contributed by atoms with Crippen molar-refractivity contribution in [1.29, 1.82) is 0 Å². The molecule has 4 heteroatoms. The highest BCUT2D eigenvalue weighted by Gasteiger charge is 2.22. The summed E-state index contributed by atoms with van der Waals surface area (Å²) < 4.78 is 0. The van der Waals surface area contributed by atoms with Crippen molar-refractivity contribution in [3.05, 3.63) is 0 Å². The lowest BCUT2D eigenvalue weighted by atomic mass is 9.85. The van der Waals surface area contributed by atoms with Crippen LogP contribution in [0.2, 0.25) is 0 Å². The molecule has 2 rings (SSSR count). The number of hydrogen-bond acceptors (Lipinski definition) is 2. The second kappa shape index (κ2) is 5.53. The van der Waals surface area contributed by atoms with Crippen LogP contribution in [0.15, 0.2) is 0 Å². The minimum absolute atomic E-state index is 0.0340. The molecule has 0 aromatic carbocycles. The topological polar surface area (TPSA) is 61.4 Å². The molecule has 0 saturated heterocycles. The van der Waals surface area contributed by atoms with Crippen molar-refractivity contribution in [2.45, 2.75) is 57.1 Å². The average Bonchev–Trinajstić information content (AvgIpc) is 2.19. The summed E-state index contributed by atoms with van der Waals surface area (Å²) >= 11 is 0. The van der Waals surface area contributed by atoms with Crippen LogP contribution in [0.25, 0.3) is 0 Å². The third-order valence-corrected chi connectivity index (χ3v) is 3.81. The maximum atomic E-state index is 11.6. The maximum Gasteiger partial charge on any atom is 0.315 e. The Labute approximate surface area is 96.8 Å². The van der Waals surface area contributed by atoms with E-state index in [0.717, 1.165) is 32.2 Å². The van der Waals surface area contributed by atoms with Gasteiger partial charge < -0.3 is 15.7 Å². The van der Waals surface area contributed by atoms with E-state index in [1.165, 1.54) is 19.3 Å². The molecule has 0 aliphatic heterocycles. The van der Waals surface area contributed by atoms with E-state index in [-0.39, 0.29) is 18.2 Å². The van der Waals surface area contributed by atoms with Crippen molar-refractivity contribution in [3.8, 4) is 0 Å². The number of urea groups is 1. The molecule has 0 unspecified atom stereocenters. The minimum atomic E-state index is -0.156. The van der Waals surface area contributed by atoms with Gasteiger partial charge in [0.15, 0.2) is 0 Å². The molecule has 2 amide bonds. The zero-order valence-electron chi connectivity index (χ0n) is 9.74. The summed E-state index contributed by atoms with van der Waals surface area (Å²) in [5.41, 5.74) is 0. The average molecular weight is 226 g/mol. The fraction of sp³-hybridized carbons (Fsp3) is 0.917. The molecule has 2 aliphatic carbocycles. The molecule has 2 fully saturated rings. The quantitative estimate of drug-likeness (QED) is 0.681. The zero-order chi connectivity index (χ0) is 11.4. The SMILES string of the molecule is O=C(NCC1CCC1)NC1CCC(O)CC1. The lowest BCUT2D eigenvalue weighted by Gasteiger charge is -2.28. The number of nitrogens with one attached hydrogen (secondary N) is 2. The highest BCUT2D eigenvalue weighted by atomic mass is 16.3. The van der Waals surface area contributed by atoms with Gasteiger partial charge in [0.05, 0.1) is 6.10 Å². The molecule has 4 nitrogen and oxygen atoms in total. The number of aliphatic hydroxyl groups excluding tert-OH is 1. The monoisotopic (exact) mass is 226 g/mol. The Hall–Kier alpha value is -0.770. The Bertz CT molecular complexity index is 233. The van der Waals surface area contributed by atoms with Crippen molar-refractivity contribution in [3.63, 3.8) is 0 Å². The van der Waals surface area contributed by atoms with Crippen LogP contribution in [0.4, 0.5) is 4.79 Å². The number of amides is 2. The standard InChI is InChI=1S/C12H22N2O2/c15-11-6-4-10(5-7-11)14-12(16)13-8-9-2-1-3-9/h9-11,15H,1-8H2,(H2,13,14,16). The van der Waals surface area contributed by atoms with Gasteiger partial charge in [-0.1, -0.05) is 6.42 Å². The Morgan fingerprint density at radius 3 is 2.38 bits per heavy atom. The van der Waals surface area contributed by atoms with E-state index in [4.69, 9.17) is 0 Å². The molecule has 3 N–H and O–H groups in total. The van der Waals surface area contributed by atoms with Crippen molar-refractivity contribution in [2.24, 2.45) is 5.92 Å². The molecule has 0 heterocycles. The highest BCUT2D eigenvalue weighted by Crippen LogP contribution is 2.25. The summed E-state index contributed by atoms with van der Waals surface area (Å²) in [5, 5.41) is 15.3. The van der Waals surface area contributed by atoms with Crippen LogP contribution in [0.1, 0.15) is 44.9 Å². The van der Waals surface area contributed by atoms with Crippen LogP contribution in [0.3, 0.4) is 0 Å². The van der Waals surface area contributed by atoms with Crippen LogP contribution < -0.4 is 10.6 Å². The Kier molecular flexibility index (Phi) is 4.04. The summed E-state index contributed by atoms with van der Waals surface area (Å²) in [7, 11) is 0. The third kappa shape index (κ3) is 3.37. The predicted molar refractivity (Wildman–Crippen MR) is 62.1 cm³/mol. The fourth-order valence-corrected chi connectivity index (χ4v) is 2.39. The van der Waals surface area contributed by atoms with E-state index >= 15 is 0 Å². The Morgan fingerprint density at radius 1 is 1.12 bits per heavy atom. The van der Waals surface area contributed by atoms with E-state index in [1.54, 1.807) is 0 Å². The van der Waals surface area contributed by atoms with E-state index in [9.17, 15) is 9.90 Å². The molecule has 0 aromatic heterocycles. The van der Waals surface area contributed by atoms with Gasteiger partial charge in [-0.2, -0.15) is 0 Å². The van der Waals surface area contributed by atoms with Crippen LogP contribution in [-0.2, 0) is 0 Å². The lowest BCUT2D eigenvalue weighted by molar-refractivity contribution is 0.117. The second-order valence-electron chi connectivity index (χ2n) is 5.16. The summed E-state index contributed by atoms with van der Waals surface area (Å²) in [4.78, 5) is 11.6. The molecule has 2 aliphatic rings. The number of hydrogen-bond donors (Lipinski definition) is 3. The highest BCUT2D eigenvalue weighted by molar-refractivity contribution is 5.74. The van der Waals surface area contributed by atoms with Crippen molar-refractivity contribution < 1.29 is 9.90 Å². The molecule has 16 heavy (non-hydrogen) atoms. The second-order valence-corrected chi connectivity index (χ2v) is 5.16. The van der Waals surface area contributed by atoms with Gasteiger partial charge in [0.25, 0.3) is 0 Å². The summed E-state index contributed by atoms with van der Waals surface area (Å²) in [5.74, 6) is 0.707. The van der Waals surface area contributed by atoms with Gasteiger partial charge >= 0.3 is 6.03 Å². The zero-order valence-corrected chi connectivity index (χ0v) is 9.74. The van der Waals surface area contributed by atoms with E-state index in [1.807, 2.05) is 0 Å². The van der Waals surface area contributed by atoms with Gasteiger partial charge in [-0.05, 0) is 44.4 Å². The smallest absolute Gasteiger partial charge is 0.315 e. The fourth-order valence-electron chi connectivity index (χ4n) is 2.39. The van der Waals surface area contributed by atoms with Gasteiger partial charge in [-0.25, -0.2) is 4.79 Å². The largest absolute Gasteiger partial charge is 0.393 e. The maximum absolute atomic E-state index is 11.6. The molecule has 0 aromatic rings. The van der Waals surface area contributed by atoms with Gasteiger partial charge in [0.1, 0.15) is 0 Å². The molecule has 0 atom stereocenters. The van der Waals surface area contributed by atoms with Crippen molar-refractivity contribution >= 4 is 6.03 Å². The number of carbonyl (C=O) groups is 1. The van der Waals surface area contributed by atoms with Gasteiger partial charge in [-0.3, -0.25) is 0 Å². The Morgan fingerprint density at radius 2 is 1.81 bits per heavy atom. The van der Waals surface area contributed by atoms with Crippen molar-refractivity contribution in [1.82, 2.24) is 10.6 Å². The van der Waals surface area contributed by atoms with E-state index in [0.29, 0.717) is 5.92 Å². The number of aliphatic hydroxyl groups is 1. The Balaban J connectivity index is 1.58. The number of carbonyl (C=O) groups excluding carboxylic acids is 1. The van der Waals surface area contributed by atoms with Crippen molar-refractivity contribution in [2.75, 3.05) is 6.54 Å².